The second-order valence-corrected chi connectivity index (χ2v) is 5.68. The van der Waals surface area contributed by atoms with Crippen molar-refractivity contribution in [3.05, 3.63) is 22.2 Å². The van der Waals surface area contributed by atoms with Gasteiger partial charge >= 0.3 is 0 Å². The van der Waals surface area contributed by atoms with Gasteiger partial charge in [-0.3, -0.25) is 4.79 Å². The van der Waals surface area contributed by atoms with Crippen molar-refractivity contribution in [3.63, 3.8) is 0 Å². The van der Waals surface area contributed by atoms with Crippen LogP contribution in [0.4, 0.5) is 11.4 Å². The molecule has 1 amide bonds. The summed E-state index contributed by atoms with van der Waals surface area (Å²) < 4.78 is 0. The van der Waals surface area contributed by atoms with Crippen molar-refractivity contribution in [2.24, 2.45) is 5.92 Å². The lowest BCUT2D eigenvalue weighted by Gasteiger charge is -2.36. The third-order valence-electron chi connectivity index (χ3n) is 3.57. The highest BCUT2D eigenvalue weighted by Crippen LogP contribution is 2.46. The summed E-state index contributed by atoms with van der Waals surface area (Å²) >= 11 is 11.9. The summed E-state index contributed by atoms with van der Waals surface area (Å²) in [6.45, 7) is 1.94. The van der Waals surface area contributed by atoms with E-state index >= 15 is 0 Å². The summed E-state index contributed by atoms with van der Waals surface area (Å²) in [6.07, 6.45) is 2.18. The lowest BCUT2D eigenvalue weighted by atomic mass is 9.91. The summed E-state index contributed by atoms with van der Waals surface area (Å²) in [7, 11) is 0. The number of amides is 1. The molecule has 17 heavy (non-hydrogen) atoms. The third-order valence-corrected chi connectivity index (χ3v) is 4.29. The number of hydrogen-bond donors (Lipinski definition) is 2. The van der Waals surface area contributed by atoms with Gasteiger partial charge in [0.1, 0.15) is 5.54 Å². The topological polar surface area (TPSA) is 41.1 Å². The molecule has 5 heteroatoms. The normalized spacial score (nSPS) is 27.1. The number of benzene rings is 1. The Labute approximate surface area is 109 Å². The molecule has 0 spiro atoms. The van der Waals surface area contributed by atoms with Crippen LogP contribution in [0.25, 0.3) is 0 Å². The van der Waals surface area contributed by atoms with Crippen LogP contribution in [0.3, 0.4) is 0 Å². The minimum atomic E-state index is -0.524. The molecule has 1 atom stereocenters. The first-order chi connectivity index (χ1) is 8.00. The number of anilines is 2. The third kappa shape index (κ3) is 1.69. The van der Waals surface area contributed by atoms with E-state index in [9.17, 15) is 4.79 Å². The van der Waals surface area contributed by atoms with E-state index in [4.69, 9.17) is 23.2 Å². The van der Waals surface area contributed by atoms with Crippen LogP contribution < -0.4 is 10.6 Å². The number of carbonyl (C=O) groups excluding carboxylic acids is 1. The van der Waals surface area contributed by atoms with Gasteiger partial charge in [0.05, 0.1) is 21.4 Å². The van der Waals surface area contributed by atoms with Crippen LogP contribution in [-0.4, -0.2) is 11.4 Å². The van der Waals surface area contributed by atoms with Crippen molar-refractivity contribution < 1.29 is 4.79 Å². The molecule has 3 rings (SSSR count). The lowest BCUT2D eigenvalue weighted by Crippen LogP contribution is -2.51. The molecule has 1 fully saturated rings. The minimum Gasteiger partial charge on any atom is -0.369 e. The van der Waals surface area contributed by atoms with Gasteiger partial charge in [0.25, 0.3) is 0 Å². The fraction of sp³-hybridized carbons (Fsp3) is 0.417. The molecule has 0 radical (unpaired) electrons. The van der Waals surface area contributed by atoms with E-state index in [2.05, 4.69) is 10.6 Å². The van der Waals surface area contributed by atoms with Gasteiger partial charge in [-0.2, -0.15) is 0 Å². The second kappa shape index (κ2) is 3.53. The Kier molecular flexibility index (Phi) is 2.32. The first-order valence-electron chi connectivity index (χ1n) is 5.59. The molecule has 1 saturated carbocycles. The van der Waals surface area contributed by atoms with E-state index in [-0.39, 0.29) is 5.91 Å². The van der Waals surface area contributed by atoms with Crippen LogP contribution in [0.15, 0.2) is 12.1 Å². The molecule has 2 aliphatic rings. The molecule has 3 nitrogen and oxygen atoms in total. The molecule has 1 heterocycles. The Bertz CT molecular complexity index is 513. The number of halogens is 2. The molecular formula is C12H12Cl2N2O. The Morgan fingerprint density at radius 3 is 2.41 bits per heavy atom. The highest BCUT2D eigenvalue weighted by atomic mass is 35.5. The average Bonchev–Trinajstić information content (AvgIpc) is 3.07. The number of fused-ring (bicyclic) bond motifs is 1. The molecule has 1 aliphatic carbocycles. The predicted octanol–water partition coefficient (Wildman–Crippen LogP) is 3.53. The Hall–Kier alpha value is -0.930. The molecule has 1 aliphatic heterocycles. The molecule has 1 unspecified atom stereocenters. The van der Waals surface area contributed by atoms with Crippen molar-refractivity contribution in [3.8, 4) is 0 Å². The average molecular weight is 271 g/mol. The van der Waals surface area contributed by atoms with Crippen LogP contribution in [0.1, 0.15) is 19.8 Å². The Morgan fingerprint density at radius 1 is 1.24 bits per heavy atom. The van der Waals surface area contributed by atoms with E-state index in [1.165, 1.54) is 0 Å². The van der Waals surface area contributed by atoms with E-state index in [1.807, 2.05) is 6.92 Å². The van der Waals surface area contributed by atoms with Crippen LogP contribution in [0.2, 0.25) is 10.0 Å². The van der Waals surface area contributed by atoms with E-state index in [0.29, 0.717) is 21.7 Å². The minimum absolute atomic E-state index is 0.00545. The van der Waals surface area contributed by atoms with Gasteiger partial charge in [0.15, 0.2) is 0 Å². The molecule has 1 aromatic rings. The maximum Gasteiger partial charge on any atom is 0.250 e. The van der Waals surface area contributed by atoms with Gasteiger partial charge in [-0.25, -0.2) is 0 Å². The van der Waals surface area contributed by atoms with E-state index in [0.717, 1.165) is 18.5 Å². The highest BCUT2D eigenvalue weighted by Gasteiger charge is 2.49. The van der Waals surface area contributed by atoms with Gasteiger partial charge in [-0.05, 0) is 37.8 Å². The van der Waals surface area contributed by atoms with Gasteiger partial charge in [0, 0.05) is 0 Å². The SMILES string of the molecule is CC1(C2CC2)Nc2cc(Cl)c(Cl)cc2NC1=O. The van der Waals surface area contributed by atoms with Crippen molar-refractivity contribution in [2.75, 3.05) is 10.6 Å². The molecule has 90 valence electrons. The summed E-state index contributed by atoms with van der Waals surface area (Å²) in [5.74, 6) is 0.413. The van der Waals surface area contributed by atoms with Gasteiger partial charge in [0.2, 0.25) is 5.91 Å². The van der Waals surface area contributed by atoms with Crippen LogP contribution >= 0.6 is 23.2 Å². The molecule has 0 bridgehead atoms. The maximum absolute atomic E-state index is 12.1. The zero-order valence-corrected chi connectivity index (χ0v) is 10.8. The maximum atomic E-state index is 12.1. The Morgan fingerprint density at radius 2 is 1.82 bits per heavy atom. The van der Waals surface area contributed by atoms with Crippen molar-refractivity contribution in [1.29, 1.82) is 0 Å². The first-order valence-corrected chi connectivity index (χ1v) is 6.35. The monoisotopic (exact) mass is 270 g/mol. The number of hydrogen-bond acceptors (Lipinski definition) is 2. The van der Waals surface area contributed by atoms with E-state index < -0.39 is 5.54 Å². The summed E-state index contributed by atoms with van der Waals surface area (Å²) in [5.41, 5.74) is 1.01. The highest BCUT2D eigenvalue weighted by molar-refractivity contribution is 6.42. The smallest absolute Gasteiger partial charge is 0.250 e. The number of rotatable bonds is 1. The summed E-state index contributed by atoms with van der Waals surface area (Å²) in [5, 5.41) is 7.13. The second-order valence-electron chi connectivity index (χ2n) is 4.87. The quantitative estimate of drug-likeness (QED) is 0.820. The van der Waals surface area contributed by atoms with Crippen LogP contribution in [0, 0.1) is 5.92 Å². The van der Waals surface area contributed by atoms with Crippen molar-refractivity contribution >= 4 is 40.5 Å². The Balaban J connectivity index is 2.04. The fourth-order valence-corrected chi connectivity index (χ4v) is 2.62. The summed E-state index contributed by atoms with van der Waals surface area (Å²) in [6, 6.07) is 3.44. The van der Waals surface area contributed by atoms with Gasteiger partial charge in [-0.1, -0.05) is 23.2 Å². The first kappa shape index (κ1) is 11.2. The zero-order valence-electron chi connectivity index (χ0n) is 9.31. The summed E-state index contributed by atoms with van der Waals surface area (Å²) in [4.78, 5) is 12.1. The lowest BCUT2D eigenvalue weighted by molar-refractivity contribution is -0.120. The van der Waals surface area contributed by atoms with Crippen LogP contribution in [0.5, 0.6) is 0 Å². The predicted molar refractivity (Wildman–Crippen MR) is 69.8 cm³/mol. The van der Waals surface area contributed by atoms with Gasteiger partial charge < -0.3 is 10.6 Å². The standard InChI is InChI=1S/C12H12Cl2N2O/c1-12(6-2-3-6)11(17)15-9-4-7(13)8(14)5-10(9)16-12/h4-6,16H,2-3H2,1H3,(H,15,17). The fourth-order valence-electron chi connectivity index (χ4n) is 2.29. The van der Waals surface area contributed by atoms with Crippen molar-refractivity contribution in [2.45, 2.75) is 25.3 Å². The molecule has 0 saturated heterocycles. The van der Waals surface area contributed by atoms with Crippen molar-refractivity contribution in [1.82, 2.24) is 0 Å². The number of carbonyl (C=O) groups is 1. The molecule has 0 aromatic heterocycles. The number of nitrogens with one attached hydrogen (secondary N) is 2. The van der Waals surface area contributed by atoms with E-state index in [1.54, 1.807) is 12.1 Å². The molecular weight excluding hydrogens is 259 g/mol. The largest absolute Gasteiger partial charge is 0.369 e. The molecule has 2 N–H and O–H groups in total. The van der Waals surface area contributed by atoms with Crippen LogP contribution in [-0.2, 0) is 4.79 Å². The zero-order chi connectivity index (χ0) is 12.2. The molecule has 1 aromatic carbocycles. The van der Waals surface area contributed by atoms with Gasteiger partial charge in [-0.15, -0.1) is 0 Å².